The van der Waals surface area contributed by atoms with Gasteiger partial charge in [0.1, 0.15) is 18.0 Å². The maximum atomic E-state index is 11.6. The number of imidazole rings is 1. The molecule has 0 aliphatic heterocycles. The number of aromatic nitrogens is 2. The van der Waals surface area contributed by atoms with E-state index in [-0.39, 0.29) is 6.09 Å². The molecule has 0 saturated carbocycles. The Morgan fingerprint density at radius 1 is 1.50 bits per heavy atom. The molecule has 1 aromatic heterocycles. The van der Waals surface area contributed by atoms with Gasteiger partial charge >= 0.3 is 6.09 Å². The average molecular weight is 197 g/mol. The van der Waals surface area contributed by atoms with E-state index in [4.69, 9.17) is 4.74 Å². The zero-order valence-corrected chi connectivity index (χ0v) is 9.37. The Morgan fingerprint density at radius 2 is 2.07 bits per heavy atom. The highest BCUT2D eigenvalue weighted by molar-refractivity contribution is 5.71. The monoisotopic (exact) mass is 197 g/mol. The molecule has 1 heterocycles. The zero-order chi connectivity index (χ0) is 10.9. The summed E-state index contributed by atoms with van der Waals surface area (Å²) < 4.78 is 8.58. The van der Waals surface area contributed by atoms with Gasteiger partial charge in [-0.1, -0.05) is 0 Å². The first-order chi connectivity index (χ1) is 6.31. The fourth-order valence-corrected chi connectivity index (χ4v) is 1.06. The summed E-state index contributed by atoms with van der Waals surface area (Å²) in [5.41, 5.74) is -0.452. The number of aryl methyl sites for hydroxylation is 1. The summed E-state index contributed by atoms with van der Waals surface area (Å²) in [7, 11) is 1.89. The minimum absolute atomic E-state index is 0.337. The standard InChI is InChI=1S/C10H17N2O2/c1-8-11(5)6-7-12(8)9(13)14-10(2,3)4/h6-7H,1-5H3/q+1. The van der Waals surface area contributed by atoms with Crippen LogP contribution in [0.15, 0.2) is 12.4 Å². The van der Waals surface area contributed by atoms with E-state index in [0.717, 1.165) is 5.82 Å². The van der Waals surface area contributed by atoms with Crippen molar-refractivity contribution >= 4 is 6.09 Å². The third kappa shape index (κ3) is 2.34. The van der Waals surface area contributed by atoms with Crippen LogP contribution in [0.1, 0.15) is 26.6 Å². The van der Waals surface area contributed by atoms with Crippen molar-refractivity contribution in [1.29, 1.82) is 0 Å². The maximum absolute atomic E-state index is 11.6. The lowest BCUT2D eigenvalue weighted by Gasteiger charge is -2.17. The smallest absolute Gasteiger partial charge is 0.425 e. The SMILES string of the molecule is Cc1n(C(=O)OC(C)(C)C)cc[n+]1C. The molecule has 0 aliphatic rings. The van der Waals surface area contributed by atoms with E-state index in [2.05, 4.69) is 0 Å². The largest absolute Gasteiger partial charge is 0.512 e. The summed E-state index contributed by atoms with van der Waals surface area (Å²) in [5, 5.41) is 0. The minimum atomic E-state index is -0.452. The number of nitrogens with zero attached hydrogens (tertiary/aromatic N) is 2. The molecule has 4 nitrogen and oxygen atoms in total. The van der Waals surface area contributed by atoms with Gasteiger partial charge in [0.2, 0.25) is 0 Å². The molecule has 0 bridgehead atoms. The first kappa shape index (κ1) is 10.8. The molecular weight excluding hydrogens is 180 g/mol. The highest BCUT2D eigenvalue weighted by Crippen LogP contribution is 2.09. The Balaban J connectivity index is 2.86. The van der Waals surface area contributed by atoms with Gasteiger partial charge in [-0.2, -0.15) is 4.79 Å². The summed E-state index contributed by atoms with van der Waals surface area (Å²) in [6, 6.07) is 0. The molecular formula is C10H17N2O2+. The quantitative estimate of drug-likeness (QED) is 0.589. The third-order valence-corrected chi connectivity index (χ3v) is 1.89. The third-order valence-electron chi connectivity index (χ3n) is 1.89. The predicted molar refractivity (Wildman–Crippen MR) is 52.0 cm³/mol. The van der Waals surface area contributed by atoms with Gasteiger partial charge in [-0.05, 0) is 20.8 Å². The predicted octanol–water partition coefficient (Wildman–Crippen LogP) is 1.40. The minimum Gasteiger partial charge on any atom is -0.425 e. The molecule has 0 spiro atoms. The van der Waals surface area contributed by atoms with Gasteiger partial charge in [0.05, 0.1) is 7.05 Å². The Labute approximate surface area is 84.1 Å². The van der Waals surface area contributed by atoms with Crippen LogP contribution in [0.25, 0.3) is 0 Å². The average Bonchev–Trinajstić information content (AvgIpc) is 2.29. The normalized spacial score (nSPS) is 11.5. The van der Waals surface area contributed by atoms with Crippen LogP contribution < -0.4 is 4.57 Å². The summed E-state index contributed by atoms with van der Waals surface area (Å²) in [6.45, 7) is 7.42. The molecule has 0 radical (unpaired) electrons. The molecule has 1 rings (SSSR count). The van der Waals surface area contributed by atoms with Crippen LogP contribution in [0.3, 0.4) is 0 Å². The van der Waals surface area contributed by atoms with Crippen LogP contribution in [-0.2, 0) is 11.8 Å². The van der Waals surface area contributed by atoms with E-state index < -0.39 is 5.60 Å². The van der Waals surface area contributed by atoms with Crippen molar-refractivity contribution in [2.75, 3.05) is 0 Å². The van der Waals surface area contributed by atoms with Crippen LogP contribution in [0.2, 0.25) is 0 Å². The zero-order valence-electron chi connectivity index (χ0n) is 9.37. The summed E-state index contributed by atoms with van der Waals surface area (Å²) in [5.74, 6) is 0.847. The van der Waals surface area contributed by atoms with Gasteiger partial charge in [0.15, 0.2) is 0 Å². The van der Waals surface area contributed by atoms with Gasteiger partial charge in [-0.25, -0.2) is 4.57 Å². The highest BCUT2D eigenvalue weighted by atomic mass is 16.6. The summed E-state index contributed by atoms with van der Waals surface area (Å²) >= 11 is 0. The number of ether oxygens (including phenoxy) is 1. The number of hydrogen-bond acceptors (Lipinski definition) is 2. The topological polar surface area (TPSA) is 35.1 Å². The molecule has 0 atom stereocenters. The molecule has 0 saturated heterocycles. The number of hydrogen-bond donors (Lipinski definition) is 0. The second-order valence-corrected chi connectivity index (χ2v) is 4.31. The molecule has 0 N–H and O–H groups in total. The van der Waals surface area contributed by atoms with Gasteiger partial charge < -0.3 is 4.74 Å². The van der Waals surface area contributed by atoms with Crippen molar-refractivity contribution in [3.05, 3.63) is 18.2 Å². The van der Waals surface area contributed by atoms with Crippen molar-refractivity contribution in [1.82, 2.24) is 4.57 Å². The second kappa shape index (κ2) is 3.44. The van der Waals surface area contributed by atoms with Gasteiger partial charge in [-0.3, -0.25) is 0 Å². The summed E-state index contributed by atoms with van der Waals surface area (Å²) in [4.78, 5) is 11.6. The lowest BCUT2D eigenvalue weighted by Crippen LogP contribution is -2.33. The Kier molecular flexibility index (Phi) is 2.64. The van der Waals surface area contributed by atoms with Crippen LogP contribution in [0, 0.1) is 6.92 Å². The molecule has 14 heavy (non-hydrogen) atoms. The fraction of sp³-hybridized carbons (Fsp3) is 0.600. The molecule has 0 unspecified atom stereocenters. The Morgan fingerprint density at radius 3 is 2.43 bits per heavy atom. The van der Waals surface area contributed by atoms with Crippen LogP contribution in [0.5, 0.6) is 0 Å². The van der Waals surface area contributed by atoms with Crippen LogP contribution in [0.4, 0.5) is 4.79 Å². The van der Waals surface area contributed by atoms with E-state index in [1.807, 2.05) is 45.5 Å². The van der Waals surface area contributed by atoms with Gasteiger partial charge in [0, 0.05) is 6.92 Å². The molecule has 0 aliphatic carbocycles. The number of carbonyl (C=O) groups is 1. The first-order valence-electron chi connectivity index (χ1n) is 4.58. The summed E-state index contributed by atoms with van der Waals surface area (Å²) in [6.07, 6.45) is 3.18. The molecule has 0 aromatic carbocycles. The van der Waals surface area contributed by atoms with Crippen LogP contribution >= 0.6 is 0 Å². The molecule has 0 fully saturated rings. The lowest BCUT2D eigenvalue weighted by atomic mass is 10.2. The number of rotatable bonds is 0. The van der Waals surface area contributed by atoms with E-state index in [0.29, 0.717) is 0 Å². The van der Waals surface area contributed by atoms with Crippen molar-refractivity contribution in [3.8, 4) is 0 Å². The van der Waals surface area contributed by atoms with E-state index in [9.17, 15) is 4.79 Å². The van der Waals surface area contributed by atoms with E-state index in [1.54, 1.807) is 6.20 Å². The van der Waals surface area contributed by atoms with E-state index >= 15 is 0 Å². The Bertz CT molecular complexity index is 347. The van der Waals surface area contributed by atoms with Gasteiger partial charge in [0.25, 0.3) is 5.82 Å². The van der Waals surface area contributed by atoms with Crippen molar-refractivity contribution in [3.63, 3.8) is 0 Å². The van der Waals surface area contributed by atoms with Crippen molar-refractivity contribution < 1.29 is 14.1 Å². The van der Waals surface area contributed by atoms with Crippen LogP contribution in [-0.4, -0.2) is 16.3 Å². The van der Waals surface area contributed by atoms with Crippen molar-refractivity contribution in [2.24, 2.45) is 7.05 Å². The highest BCUT2D eigenvalue weighted by Gasteiger charge is 2.24. The lowest BCUT2D eigenvalue weighted by molar-refractivity contribution is -0.676. The first-order valence-corrected chi connectivity index (χ1v) is 4.58. The second-order valence-electron chi connectivity index (χ2n) is 4.31. The molecule has 4 heteroatoms. The number of carbonyl (C=O) groups excluding carboxylic acids is 1. The molecule has 1 aromatic rings. The fourth-order valence-electron chi connectivity index (χ4n) is 1.06. The molecule has 0 amide bonds. The van der Waals surface area contributed by atoms with E-state index in [1.165, 1.54) is 4.57 Å². The Hall–Kier alpha value is -1.32. The van der Waals surface area contributed by atoms with Gasteiger partial charge in [-0.15, -0.1) is 4.57 Å². The van der Waals surface area contributed by atoms with Crippen molar-refractivity contribution in [2.45, 2.75) is 33.3 Å². The molecule has 78 valence electrons. The maximum Gasteiger partial charge on any atom is 0.512 e.